The Labute approximate surface area is 99.1 Å². The fourth-order valence-corrected chi connectivity index (χ4v) is 1.97. The molecule has 2 aromatic rings. The number of carboxylic acid groups (broad SMARTS) is 1. The first-order valence-corrected chi connectivity index (χ1v) is 5.51. The zero-order valence-electron chi connectivity index (χ0n) is 10.4. The minimum Gasteiger partial charge on any atom is -0.477 e. The van der Waals surface area contributed by atoms with Crippen molar-refractivity contribution in [3.05, 3.63) is 29.0 Å². The summed E-state index contributed by atoms with van der Waals surface area (Å²) < 4.78 is 1.62. The van der Waals surface area contributed by atoms with Gasteiger partial charge in [-0.25, -0.2) is 14.8 Å². The lowest BCUT2D eigenvalue weighted by atomic mass is 10.1. The van der Waals surface area contributed by atoms with Gasteiger partial charge in [0.05, 0.1) is 5.69 Å². The van der Waals surface area contributed by atoms with Gasteiger partial charge in [0, 0.05) is 11.8 Å². The molecule has 5 nitrogen and oxygen atoms in total. The molecule has 0 fully saturated rings. The molecule has 0 aromatic carbocycles. The molecule has 2 heterocycles. The second-order valence-corrected chi connectivity index (χ2v) is 4.43. The van der Waals surface area contributed by atoms with Crippen molar-refractivity contribution in [1.29, 1.82) is 0 Å². The van der Waals surface area contributed by atoms with Gasteiger partial charge in [-0.05, 0) is 19.8 Å². The minimum absolute atomic E-state index is 0.201. The summed E-state index contributed by atoms with van der Waals surface area (Å²) in [6.45, 7) is 7.57. The van der Waals surface area contributed by atoms with Crippen molar-refractivity contribution in [3.8, 4) is 0 Å². The summed E-state index contributed by atoms with van der Waals surface area (Å²) in [4.78, 5) is 19.8. The number of aromatic nitrogens is 3. The van der Waals surface area contributed by atoms with Crippen LogP contribution in [0.1, 0.15) is 47.3 Å². The lowest BCUT2D eigenvalue weighted by molar-refractivity contribution is 0.0688. The lowest BCUT2D eigenvalue weighted by Gasteiger charge is -2.08. The molecule has 0 aliphatic heterocycles. The van der Waals surface area contributed by atoms with Crippen LogP contribution in [0.5, 0.6) is 0 Å². The van der Waals surface area contributed by atoms with Gasteiger partial charge in [-0.2, -0.15) is 0 Å². The molecule has 0 saturated carbocycles. The monoisotopic (exact) mass is 233 g/mol. The number of fused-ring (bicyclic) bond motifs is 1. The van der Waals surface area contributed by atoms with Gasteiger partial charge in [-0.3, -0.25) is 4.40 Å². The number of aromatic carboxylic acids is 1. The predicted octanol–water partition coefficient (Wildman–Crippen LogP) is 2.17. The molecule has 0 aliphatic rings. The molecule has 0 bridgehead atoms. The SMILES string of the molecule is Cc1nc2c(C(C)C)cnc(C)n2c1C(=O)O. The van der Waals surface area contributed by atoms with Crippen LogP contribution < -0.4 is 0 Å². The Morgan fingerprint density at radius 2 is 2.06 bits per heavy atom. The predicted molar refractivity (Wildman–Crippen MR) is 63.5 cm³/mol. The van der Waals surface area contributed by atoms with Crippen molar-refractivity contribution in [3.63, 3.8) is 0 Å². The van der Waals surface area contributed by atoms with E-state index in [4.69, 9.17) is 0 Å². The summed E-state index contributed by atoms with van der Waals surface area (Å²) in [6, 6.07) is 0. The van der Waals surface area contributed by atoms with Gasteiger partial charge in [0.1, 0.15) is 11.5 Å². The van der Waals surface area contributed by atoms with E-state index < -0.39 is 5.97 Å². The van der Waals surface area contributed by atoms with Crippen LogP contribution in [-0.4, -0.2) is 25.4 Å². The molecule has 0 radical (unpaired) electrons. The summed E-state index contributed by atoms with van der Waals surface area (Å²) >= 11 is 0. The number of rotatable bonds is 2. The van der Waals surface area contributed by atoms with Crippen LogP contribution in [-0.2, 0) is 0 Å². The zero-order valence-corrected chi connectivity index (χ0v) is 10.4. The molecule has 5 heteroatoms. The molecule has 0 spiro atoms. The number of carbonyl (C=O) groups is 1. The molecule has 2 rings (SSSR count). The van der Waals surface area contributed by atoms with Crippen LogP contribution in [0.3, 0.4) is 0 Å². The van der Waals surface area contributed by atoms with E-state index in [9.17, 15) is 9.90 Å². The van der Waals surface area contributed by atoms with Crippen molar-refractivity contribution in [1.82, 2.24) is 14.4 Å². The number of aryl methyl sites for hydroxylation is 2. The van der Waals surface area contributed by atoms with Crippen LogP contribution in [0.2, 0.25) is 0 Å². The van der Waals surface area contributed by atoms with Gasteiger partial charge in [0.25, 0.3) is 0 Å². The van der Waals surface area contributed by atoms with Gasteiger partial charge in [0.2, 0.25) is 0 Å². The maximum atomic E-state index is 11.2. The second-order valence-electron chi connectivity index (χ2n) is 4.43. The Bertz CT molecular complexity index is 599. The Hall–Kier alpha value is -1.91. The van der Waals surface area contributed by atoms with E-state index >= 15 is 0 Å². The summed E-state index contributed by atoms with van der Waals surface area (Å²) in [6.07, 6.45) is 1.77. The highest BCUT2D eigenvalue weighted by molar-refractivity contribution is 5.88. The fraction of sp³-hybridized carbons (Fsp3) is 0.417. The molecule has 2 aromatic heterocycles. The molecule has 0 amide bonds. The number of hydrogen-bond donors (Lipinski definition) is 1. The third-order valence-electron chi connectivity index (χ3n) is 2.85. The standard InChI is InChI=1S/C12H15N3O2/c1-6(2)9-5-13-8(4)15-10(12(16)17)7(3)14-11(9)15/h5-6H,1-4H3,(H,16,17). The molecular weight excluding hydrogens is 218 g/mol. The van der Waals surface area contributed by atoms with E-state index in [1.165, 1.54) is 0 Å². The first-order chi connectivity index (χ1) is 7.93. The summed E-state index contributed by atoms with van der Waals surface area (Å²) in [5.41, 5.74) is 2.39. The third-order valence-corrected chi connectivity index (χ3v) is 2.85. The Kier molecular flexibility index (Phi) is 2.61. The van der Waals surface area contributed by atoms with Crippen molar-refractivity contribution in [2.75, 3.05) is 0 Å². The van der Waals surface area contributed by atoms with Gasteiger partial charge in [-0.15, -0.1) is 0 Å². The van der Waals surface area contributed by atoms with Crippen LogP contribution in [0, 0.1) is 13.8 Å². The summed E-state index contributed by atoms with van der Waals surface area (Å²) in [5.74, 6) is -0.0720. The number of nitrogens with zero attached hydrogens (tertiary/aromatic N) is 3. The number of imidazole rings is 1. The van der Waals surface area contributed by atoms with Gasteiger partial charge in [0.15, 0.2) is 5.69 Å². The van der Waals surface area contributed by atoms with Crippen LogP contribution in [0.15, 0.2) is 6.20 Å². The maximum absolute atomic E-state index is 11.2. The van der Waals surface area contributed by atoms with Crippen molar-refractivity contribution in [2.24, 2.45) is 0 Å². The maximum Gasteiger partial charge on any atom is 0.354 e. The van der Waals surface area contributed by atoms with Crippen molar-refractivity contribution >= 4 is 11.6 Å². The fourth-order valence-electron chi connectivity index (χ4n) is 1.97. The quantitative estimate of drug-likeness (QED) is 0.863. The van der Waals surface area contributed by atoms with E-state index in [0.29, 0.717) is 17.2 Å². The topological polar surface area (TPSA) is 67.5 Å². The van der Waals surface area contributed by atoms with E-state index in [0.717, 1.165) is 5.56 Å². The molecule has 1 N–H and O–H groups in total. The third kappa shape index (κ3) is 1.67. The summed E-state index contributed by atoms with van der Waals surface area (Å²) in [5, 5.41) is 9.22. The smallest absolute Gasteiger partial charge is 0.354 e. The molecular formula is C12H15N3O2. The highest BCUT2D eigenvalue weighted by atomic mass is 16.4. The van der Waals surface area contributed by atoms with Gasteiger partial charge >= 0.3 is 5.97 Å². The highest BCUT2D eigenvalue weighted by Gasteiger charge is 2.20. The molecule has 17 heavy (non-hydrogen) atoms. The molecule has 0 saturated heterocycles. The van der Waals surface area contributed by atoms with Crippen LogP contribution >= 0.6 is 0 Å². The zero-order chi connectivity index (χ0) is 12.7. The minimum atomic E-state index is -0.971. The second kappa shape index (κ2) is 3.84. The largest absolute Gasteiger partial charge is 0.477 e. The normalized spacial score (nSPS) is 11.4. The van der Waals surface area contributed by atoms with Gasteiger partial charge in [-0.1, -0.05) is 13.8 Å². The average molecular weight is 233 g/mol. The van der Waals surface area contributed by atoms with Crippen LogP contribution in [0.25, 0.3) is 5.65 Å². The highest BCUT2D eigenvalue weighted by Crippen LogP contribution is 2.22. The van der Waals surface area contributed by atoms with Gasteiger partial charge < -0.3 is 5.11 Å². The molecule has 90 valence electrons. The van der Waals surface area contributed by atoms with E-state index in [1.807, 2.05) is 13.8 Å². The van der Waals surface area contributed by atoms with Crippen molar-refractivity contribution in [2.45, 2.75) is 33.6 Å². The van der Waals surface area contributed by atoms with Crippen LogP contribution in [0.4, 0.5) is 0 Å². The first-order valence-electron chi connectivity index (χ1n) is 5.51. The Balaban J connectivity index is 2.92. The van der Waals surface area contributed by atoms with E-state index in [1.54, 1.807) is 24.4 Å². The first kappa shape index (κ1) is 11.6. The Morgan fingerprint density at radius 1 is 1.41 bits per heavy atom. The number of hydrogen-bond acceptors (Lipinski definition) is 3. The van der Waals surface area contributed by atoms with E-state index in [-0.39, 0.29) is 11.6 Å². The Morgan fingerprint density at radius 3 is 2.59 bits per heavy atom. The molecule has 0 atom stereocenters. The molecule has 0 aliphatic carbocycles. The van der Waals surface area contributed by atoms with E-state index in [2.05, 4.69) is 9.97 Å². The lowest BCUT2D eigenvalue weighted by Crippen LogP contribution is -2.08. The number of carboxylic acids is 1. The molecule has 0 unspecified atom stereocenters. The average Bonchev–Trinajstić information content (AvgIpc) is 2.55. The summed E-state index contributed by atoms with van der Waals surface area (Å²) in [7, 11) is 0. The van der Waals surface area contributed by atoms with Crippen molar-refractivity contribution < 1.29 is 9.90 Å².